The number of fused-ring (bicyclic) bond motifs is 1. The van der Waals surface area contributed by atoms with Crippen molar-refractivity contribution in [1.29, 1.82) is 0 Å². The smallest absolute Gasteiger partial charge is 0.354 e. The van der Waals surface area contributed by atoms with Gasteiger partial charge in [0.1, 0.15) is 0 Å². The number of hydrogen-bond donors (Lipinski definition) is 1. The van der Waals surface area contributed by atoms with E-state index in [4.69, 9.17) is 4.84 Å². The molecule has 0 unspecified atom stereocenters. The SMILES string of the molecule is O=C1CN(S(=O)(=O)c2ccc(C(=O)ON3C(=O)c4ccccc4C3=O)cc2)CCN1. The molecule has 1 N–H and O–H groups in total. The second-order valence-corrected chi connectivity index (χ2v) is 8.48. The van der Waals surface area contributed by atoms with Crippen molar-refractivity contribution in [3.8, 4) is 0 Å². The van der Waals surface area contributed by atoms with E-state index in [0.717, 1.165) is 4.31 Å². The Kier molecular flexibility index (Phi) is 4.84. The van der Waals surface area contributed by atoms with Gasteiger partial charge in [0.05, 0.1) is 28.1 Å². The number of amides is 3. The van der Waals surface area contributed by atoms with Crippen LogP contribution in [-0.4, -0.2) is 61.1 Å². The van der Waals surface area contributed by atoms with Gasteiger partial charge < -0.3 is 10.2 Å². The summed E-state index contributed by atoms with van der Waals surface area (Å²) in [6.45, 7) is 0.0617. The number of rotatable bonds is 4. The predicted octanol–water partition coefficient (Wildman–Crippen LogP) is 0.175. The third kappa shape index (κ3) is 3.33. The molecular formula is C19H15N3O7S. The highest BCUT2D eigenvalue weighted by Gasteiger charge is 2.39. The summed E-state index contributed by atoms with van der Waals surface area (Å²) in [4.78, 5) is 53.2. The van der Waals surface area contributed by atoms with E-state index in [-0.39, 0.29) is 41.2 Å². The van der Waals surface area contributed by atoms with Crippen LogP contribution in [0.3, 0.4) is 0 Å². The number of nitrogens with zero attached hydrogens (tertiary/aromatic N) is 2. The van der Waals surface area contributed by atoms with Crippen LogP contribution in [0.1, 0.15) is 31.1 Å². The van der Waals surface area contributed by atoms with Crippen LogP contribution in [0.2, 0.25) is 0 Å². The summed E-state index contributed by atoms with van der Waals surface area (Å²) in [5.41, 5.74) is 0.200. The molecule has 0 bridgehead atoms. The molecule has 2 heterocycles. The number of piperazine rings is 1. The Morgan fingerprint density at radius 1 is 0.933 bits per heavy atom. The molecule has 3 amide bonds. The van der Waals surface area contributed by atoms with Crippen LogP contribution >= 0.6 is 0 Å². The highest BCUT2D eigenvalue weighted by atomic mass is 32.2. The van der Waals surface area contributed by atoms with Crippen molar-refractivity contribution >= 4 is 33.7 Å². The first kappa shape index (κ1) is 19.7. The third-order valence-electron chi connectivity index (χ3n) is 4.66. The molecule has 1 fully saturated rings. The van der Waals surface area contributed by atoms with Gasteiger partial charge in [-0.15, -0.1) is 0 Å². The standard InChI is InChI=1S/C19H15N3O7S/c23-16-11-21(10-9-20-16)30(27,28)13-7-5-12(6-8-13)19(26)29-22-17(24)14-3-1-2-4-15(14)18(22)25/h1-8H,9-11H2,(H,20,23). The van der Waals surface area contributed by atoms with E-state index < -0.39 is 33.7 Å². The van der Waals surface area contributed by atoms with Crippen molar-refractivity contribution in [2.75, 3.05) is 19.6 Å². The molecule has 4 rings (SSSR count). The first-order valence-corrected chi connectivity index (χ1v) is 10.3. The molecule has 2 aromatic carbocycles. The molecule has 0 radical (unpaired) electrons. The van der Waals surface area contributed by atoms with Crippen molar-refractivity contribution in [3.05, 3.63) is 65.2 Å². The van der Waals surface area contributed by atoms with Crippen LogP contribution < -0.4 is 5.32 Å². The first-order chi connectivity index (χ1) is 14.3. The van der Waals surface area contributed by atoms with Gasteiger partial charge in [-0.05, 0) is 36.4 Å². The Balaban J connectivity index is 1.50. The molecule has 1 saturated heterocycles. The maximum absolute atomic E-state index is 12.6. The van der Waals surface area contributed by atoms with Gasteiger partial charge >= 0.3 is 5.97 Å². The number of hydroxylamine groups is 2. The molecule has 0 atom stereocenters. The summed E-state index contributed by atoms with van der Waals surface area (Å²) in [6, 6.07) is 10.9. The first-order valence-electron chi connectivity index (χ1n) is 8.86. The number of sulfonamides is 1. The van der Waals surface area contributed by atoms with E-state index in [1.807, 2.05) is 0 Å². The number of carbonyl (C=O) groups is 4. The number of carbonyl (C=O) groups excluding carboxylic acids is 4. The monoisotopic (exact) mass is 429 g/mol. The fourth-order valence-electron chi connectivity index (χ4n) is 3.12. The van der Waals surface area contributed by atoms with Gasteiger partial charge in [0.25, 0.3) is 11.8 Å². The minimum Gasteiger partial charge on any atom is -0.354 e. The third-order valence-corrected chi connectivity index (χ3v) is 6.52. The van der Waals surface area contributed by atoms with Crippen molar-refractivity contribution in [2.45, 2.75) is 4.90 Å². The van der Waals surface area contributed by atoms with E-state index in [1.165, 1.54) is 36.4 Å². The Morgan fingerprint density at radius 2 is 1.53 bits per heavy atom. The van der Waals surface area contributed by atoms with E-state index in [0.29, 0.717) is 5.06 Å². The zero-order valence-electron chi connectivity index (χ0n) is 15.4. The average molecular weight is 429 g/mol. The van der Waals surface area contributed by atoms with Gasteiger partial charge in [0.15, 0.2) is 0 Å². The highest BCUT2D eigenvalue weighted by Crippen LogP contribution is 2.24. The van der Waals surface area contributed by atoms with Crippen LogP contribution in [0.15, 0.2) is 53.4 Å². The largest absolute Gasteiger partial charge is 0.363 e. The summed E-state index contributed by atoms with van der Waals surface area (Å²) in [5.74, 6) is -2.91. The average Bonchev–Trinajstić information content (AvgIpc) is 2.99. The molecule has 2 aromatic rings. The number of nitrogens with one attached hydrogen (secondary N) is 1. The van der Waals surface area contributed by atoms with Gasteiger partial charge in [-0.3, -0.25) is 14.4 Å². The molecule has 30 heavy (non-hydrogen) atoms. The quantitative estimate of drug-likeness (QED) is 0.686. The van der Waals surface area contributed by atoms with E-state index in [9.17, 15) is 27.6 Å². The fourth-order valence-corrected chi connectivity index (χ4v) is 4.52. The Hall–Kier alpha value is -3.57. The van der Waals surface area contributed by atoms with E-state index >= 15 is 0 Å². The molecule has 2 aliphatic heterocycles. The number of imide groups is 1. The Bertz CT molecular complexity index is 1140. The normalized spacial score (nSPS) is 16.9. The van der Waals surface area contributed by atoms with Gasteiger partial charge in [-0.25, -0.2) is 13.2 Å². The van der Waals surface area contributed by atoms with Gasteiger partial charge in [-0.2, -0.15) is 4.31 Å². The zero-order chi connectivity index (χ0) is 21.5. The lowest BCUT2D eigenvalue weighted by atomic mass is 10.1. The molecular weight excluding hydrogens is 414 g/mol. The lowest BCUT2D eigenvalue weighted by Gasteiger charge is -2.25. The maximum atomic E-state index is 12.6. The zero-order valence-corrected chi connectivity index (χ0v) is 16.2. The molecule has 0 aromatic heterocycles. The minimum atomic E-state index is -3.91. The lowest BCUT2D eigenvalue weighted by molar-refractivity contribution is -0.122. The molecule has 10 nitrogen and oxygen atoms in total. The van der Waals surface area contributed by atoms with Crippen LogP contribution in [0, 0.1) is 0 Å². The minimum absolute atomic E-state index is 0.0538. The summed E-state index contributed by atoms with van der Waals surface area (Å²) < 4.78 is 26.3. The van der Waals surface area contributed by atoms with Crippen LogP contribution in [0.25, 0.3) is 0 Å². The van der Waals surface area contributed by atoms with Crippen LogP contribution in [0.4, 0.5) is 0 Å². The number of benzene rings is 2. The predicted molar refractivity (Wildman–Crippen MR) is 101 cm³/mol. The second kappa shape index (κ2) is 7.35. The van der Waals surface area contributed by atoms with E-state index in [2.05, 4.69) is 5.32 Å². The summed E-state index contributed by atoms with van der Waals surface area (Å²) in [7, 11) is -3.91. The van der Waals surface area contributed by atoms with Gasteiger partial charge in [0.2, 0.25) is 15.9 Å². The fraction of sp³-hybridized carbons (Fsp3) is 0.158. The highest BCUT2D eigenvalue weighted by molar-refractivity contribution is 7.89. The van der Waals surface area contributed by atoms with Crippen molar-refractivity contribution < 1.29 is 32.4 Å². The lowest BCUT2D eigenvalue weighted by Crippen LogP contribution is -2.49. The van der Waals surface area contributed by atoms with E-state index in [1.54, 1.807) is 12.1 Å². The van der Waals surface area contributed by atoms with Gasteiger partial charge in [0, 0.05) is 13.1 Å². The molecule has 0 spiro atoms. The van der Waals surface area contributed by atoms with Crippen molar-refractivity contribution in [3.63, 3.8) is 0 Å². The van der Waals surface area contributed by atoms with Gasteiger partial charge in [-0.1, -0.05) is 17.2 Å². The molecule has 154 valence electrons. The van der Waals surface area contributed by atoms with Crippen LogP contribution in [0.5, 0.6) is 0 Å². The topological polar surface area (TPSA) is 130 Å². The molecule has 0 saturated carbocycles. The summed E-state index contributed by atoms with van der Waals surface area (Å²) >= 11 is 0. The molecule has 11 heteroatoms. The van der Waals surface area contributed by atoms with Crippen molar-refractivity contribution in [2.24, 2.45) is 0 Å². The summed E-state index contributed by atoms with van der Waals surface area (Å²) in [5, 5.41) is 2.92. The second-order valence-electron chi connectivity index (χ2n) is 6.54. The molecule has 2 aliphatic rings. The Labute approximate surface area is 171 Å². The Morgan fingerprint density at radius 3 is 2.10 bits per heavy atom. The number of hydrogen-bond acceptors (Lipinski definition) is 7. The van der Waals surface area contributed by atoms with Crippen molar-refractivity contribution in [1.82, 2.24) is 14.7 Å². The summed E-state index contributed by atoms with van der Waals surface area (Å²) in [6.07, 6.45) is 0. The molecule has 0 aliphatic carbocycles. The maximum Gasteiger partial charge on any atom is 0.363 e. The van der Waals surface area contributed by atoms with Crippen LogP contribution in [-0.2, 0) is 19.7 Å².